The lowest BCUT2D eigenvalue weighted by Gasteiger charge is -2.07. The molecule has 0 aliphatic heterocycles. The number of hydrogen-bond acceptors (Lipinski definition) is 4. The van der Waals surface area contributed by atoms with Crippen molar-refractivity contribution in [2.75, 3.05) is 5.43 Å². The van der Waals surface area contributed by atoms with Gasteiger partial charge in [0.1, 0.15) is 18.2 Å². The number of rotatable bonds is 6. The fourth-order valence-corrected chi connectivity index (χ4v) is 2.16. The molecule has 0 radical (unpaired) electrons. The van der Waals surface area contributed by atoms with Crippen LogP contribution in [0.4, 0.5) is 5.82 Å². The summed E-state index contributed by atoms with van der Waals surface area (Å²) >= 11 is 5.88. The molecule has 1 aromatic heterocycles. The first-order valence-corrected chi connectivity index (χ1v) is 7.85. The number of ether oxygens (including phenoxy) is 1. The third kappa shape index (κ3) is 4.83. The normalized spacial score (nSPS) is 10.7. The zero-order valence-electron chi connectivity index (χ0n) is 12.9. The Morgan fingerprint density at radius 2 is 1.92 bits per heavy atom. The van der Waals surface area contributed by atoms with Gasteiger partial charge in [0.2, 0.25) is 0 Å². The summed E-state index contributed by atoms with van der Waals surface area (Å²) in [6.45, 7) is 0.490. The molecule has 1 heterocycles. The third-order valence-electron chi connectivity index (χ3n) is 3.23. The van der Waals surface area contributed by atoms with Crippen LogP contribution >= 0.6 is 11.6 Å². The van der Waals surface area contributed by atoms with Crippen LogP contribution < -0.4 is 10.2 Å². The summed E-state index contributed by atoms with van der Waals surface area (Å²) in [4.78, 5) is 4.14. The second-order valence-corrected chi connectivity index (χ2v) is 5.51. The van der Waals surface area contributed by atoms with Gasteiger partial charge in [-0.3, -0.25) is 5.43 Å². The number of pyridine rings is 1. The number of anilines is 1. The SMILES string of the molecule is Clc1ccc(COc2cccc(/C=N/Nc3ccccn3)c2)cc1. The second-order valence-electron chi connectivity index (χ2n) is 5.07. The molecule has 120 valence electrons. The fourth-order valence-electron chi connectivity index (χ4n) is 2.03. The van der Waals surface area contributed by atoms with Crippen molar-refractivity contribution in [2.45, 2.75) is 6.61 Å². The number of benzene rings is 2. The van der Waals surface area contributed by atoms with Gasteiger partial charge in [0.05, 0.1) is 6.21 Å². The zero-order valence-corrected chi connectivity index (χ0v) is 13.6. The minimum Gasteiger partial charge on any atom is -0.489 e. The average molecular weight is 338 g/mol. The standard InChI is InChI=1S/C19H16ClN3O/c20-17-9-7-15(8-10-17)14-24-18-5-3-4-16(12-18)13-22-23-19-6-1-2-11-21-19/h1-13H,14H2,(H,21,23)/b22-13+. The van der Waals surface area contributed by atoms with Crippen molar-refractivity contribution in [3.05, 3.63) is 89.1 Å². The van der Waals surface area contributed by atoms with E-state index in [9.17, 15) is 0 Å². The lowest BCUT2D eigenvalue weighted by atomic mass is 10.2. The number of aromatic nitrogens is 1. The van der Waals surface area contributed by atoms with E-state index in [1.165, 1.54) is 0 Å². The van der Waals surface area contributed by atoms with Crippen molar-refractivity contribution in [1.82, 2.24) is 4.98 Å². The largest absolute Gasteiger partial charge is 0.489 e. The molecule has 2 aromatic carbocycles. The minimum absolute atomic E-state index is 0.490. The van der Waals surface area contributed by atoms with Crippen LogP contribution in [0.3, 0.4) is 0 Å². The molecule has 0 aliphatic rings. The van der Waals surface area contributed by atoms with Crippen LogP contribution in [0, 0.1) is 0 Å². The summed E-state index contributed by atoms with van der Waals surface area (Å²) in [6.07, 6.45) is 3.44. The van der Waals surface area contributed by atoms with Gasteiger partial charge in [-0.25, -0.2) is 4.98 Å². The maximum absolute atomic E-state index is 5.88. The van der Waals surface area contributed by atoms with Crippen LogP contribution in [0.5, 0.6) is 5.75 Å². The van der Waals surface area contributed by atoms with Crippen LogP contribution in [0.25, 0.3) is 0 Å². The van der Waals surface area contributed by atoms with E-state index in [4.69, 9.17) is 16.3 Å². The molecule has 0 saturated carbocycles. The molecule has 0 unspecified atom stereocenters. The van der Waals surface area contributed by atoms with Gasteiger partial charge in [0.15, 0.2) is 0 Å². The molecule has 0 fully saturated rings. The number of nitrogens with zero attached hydrogens (tertiary/aromatic N) is 2. The number of nitrogens with one attached hydrogen (secondary N) is 1. The highest BCUT2D eigenvalue weighted by atomic mass is 35.5. The Balaban J connectivity index is 1.58. The van der Waals surface area contributed by atoms with E-state index in [0.717, 1.165) is 21.9 Å². The Morgan fingerprint density at radius 1 is 1.04 bits per heavy atom. The fraction of sp³-hybridized carbons (Fsp3) is 0.0526. The second kappa shape index (κ2) is 8.13. The van der Waals surface area contributed by atoms with Gasteiger partial charge >= 0.3 is 0 Å². The molecule has 0 amide bonds. The summed E-state index contributed by atoms with van der Waals surface area (Å²) in [5, 5.41) is 4.89. The van der Waals surface area contributed by atoms with E-state index < -0.39 is 0 Å². The molecular formula is C19H16ClN3O. The third-order valence-corrected chi connectivity index (χ3v) is 3.49. The van der Waals surface area contributed by atoms with Crippen molar-refractivity contribution >= 4 is 23.6 Å². The van der Waals surface area contributed by atoms with Gasteiger partial charge in [-0.2, -0.15) is 5.10 Å². The highest BCUT2D eigenvalue weighted by molar-refractivity contribution is 6.30. The molecular weight excluding hydrogens is 322 g/mol. The quantitative estimate of drug-likeness (QED) is 0.521. The Labute approximate surface area is 145 Å². The lowest BCUT2D eigenvalue weighted by molar-refractivity contribution is 0.306. The van der Waals surface area contributed by atoms with Crippen molar-refractivity contribution in [3.63, 3.8) is 0 Å². The Bertz CT molecular complexity index is 804. The van der Waals surface area contributed by atoms with Crippen LogP contribution in [-0.2, 0) is 6.61 Å². The smallest absolute Gasteiger partial charge is 0.146 e. The van der Waals surface area contributed by atoms with Gasteiger partial charge in [0.25, 0.3) is 0 Å². The van der Waals surface area contributed by atoms with E-state index in [1.54, 1.807) is 12.4 Å². The monoisotopic (exact) mass is 337 g/mol. The zero-order chi connectivity index (χ0) is 16.6. The Morgan fingerprint density at radius 3 is 2.71 bits per heavy atom. The maximum atomic E-state index is 5.88. The van der Waals surface area contributed by atoms with Crippen LogP contribution in [0.1, 0.15) is 11.1 Å². The summed E-state index contributed by atoms with van der Waals surface area (Å²) in [6, 6.07) is 20.9. The molecule has 5 heteroatoms. The average Bonchev–Trinajstić information content (AvgIpc) is 2.63. The Hall–Kier alpha value is -2.85. The molecule has 0 aliphatic carbocycles. The highest BCUT2D eigenvalue weighted by Crippen LogP contribution is 2.16. The maximum Gasteiger partial charge on any atom is 0.146 e. The van der Waals surface area contributed by atoms with Crippen LogP contribution in [-0.4, -0.2) is 11.2 Å². The summed E-state index contributed by atoms with van der Waals surface area (Å²) < 4.78 is 5.80. The van der Waals surface area contributed by atoms with Crippen LogP contribution in [0.2, 0.25) is 5.02 Å². The van der Waals surface area contributed by atoms with E-state index in [0.29, 0.717) is 12.4 Å². The van der Waals surface area contributed by atoms with Gasteiger partial charge in [0, 0.05) is 11.2 Å². The van der Waals surface area contributed by atoms with E-state index in [2.05, 4.69) is 15.5 Å². The number of hydrogen-bond donors (Lipinski definition) is 1. The molecule has 0 bridgehead atoms. The first kappa shape index (κ1) is 16.0. The van der Waals surface area contributed by atoms with E-state index >= 15 is 0 Å². The van der Waals surface area contributed by atoms with Crippen molar-refractivity contribution in [3.8, 4) is 5.75 Å². The number of hydrazone groups is 1. The van der Waals surface area contributed by atoms with Gasteiger partial charge in [-0.15, -0.1) is 0 Å². The van der Waals surface area contributed by atoms with Gasteiger partial charge < -0.3 is 4.74 Å². The van der Waals surface area contributed by atoms with Crippen molar-refractivity contribution in [1.29, 1.82) is 0 Å². The van der Waals surface area contributed by atoms with Crippen LogP contribution in [0.15, 0.2) is 78.0 Å². The van der Waals surface area contributed by atoms with Gasteiger partial charge in [-0.05, 0) is 47.5 Å². The predicted molar refractivity (Wildman–Crippen MR) is 97.7 cm³/mol. The summed E-state index contributed by atoms with van der Waals surface area (Å²) in [5.41, 5.74) is 4.88. The molecule has 4 nitrogen and oxygen atoms in total. The Kier molecular flexibility index (Phi) is 5.43. The van der Waals surface area contributed by atoms with Crippen molar-refractivity contribution < 1.29 is 4.74 Å². The molecule has 0 atom stereocenters. The molecule has 24 heavy (non-hydrogen) atoms. The first-order valence-electron chi connectivity index (χ1n) is 7.47. The topological polar surface area (TPSA) is 46.5 Å². The van der Waals surface area contributed by atoms with E-state index in [-0.39, 0.29) is 0 Å². The van der Waals surface area contributed by atoms with E-state index in [1.807, 2.05) is 66.7 Å². The minimum atomic E-state index is 0.490. The molecule has 1 N–H and O–H groups in total. The van der Waals surface area contributed by atoms with Crippen molar-refractivity contribution in [2.24, 2.45) is 5.10 Å². The molecule has 3 aromatic rings. The summed E-state index contributed by atoms with van der Waals surface area (Å²) in [7, 11) is 0. The highest BCUT2D eigenvalue weighted by Gasteiger charge is 1.98. The molecule has 3 rings (SSSR count). The summed E-state index contributed by atoms with van der Waals surface area (Å²) in [5.74, 6) is 1.48. The first-order chi connectivity index (χ1) is 11.8. The number of halogens is 1. The molecule has 0 saturated heterocycles. The van der Waals surface area contributed by atoms with Gasteiger partial charge in [-0.1, -0.05) is 41.9 Å². The predicted octanol–water partition coefficient (Wildman–Crippen LogP) is 4.76. The molecule has 0 spiro atoms. The lowest BCUT2D eigenvalue weighted by Crippen LogP contribution is -1.96.